The number of alkyl halides is 1. The van der Waals surface area contributed by atoms with Crippen LogP contribution < -0.4 is 14.8 Å². The maximum absolute atomic E-state index is 11.5. The molecule has 1 unspecified atom stereocenters. The molecule has 6 heteroatoms. The quantitative estimate of drug-likeness (QED) is 0.663. The highest BCUT2D eigenvalue weighted by Crippen LogP contribution is 2.43. The maximum Gasteiger partial charge on any atom is 0.412 e. The van der Waals surface area contributed by atoms with Crippen LogP contribution in [0.2, 0.25) is 0 Å². The summed E-state index contributed by atoms with van der Waals surface area (Å²) < 4.78 is 16.5. The van der Waals surface area contributed by atoms with Crippen molar-refractivity contribution in [3.63, 3.8) is 0 Å². The fraction of sp³-hybridized carbons (Fsp3) is 0.417. The highest BCUT2D eigenvalue weighted by Gasteiger charge is 2.38. The summed E-state index contributed by atoms with van der Waals surface area (Å²) >= 11 is 2.20. The first-order chi connectivity index (χ1) is 8.54. The fourth-order valence-electron chi connectivity index (χ4n) is 1.91. The predicted molar refractivity (Wildman–Crippen MR) is 75.9 cm³/mol. The number of halogens is 1. The molecule has 0 saturated heterocycles. The second kappa shape index (κ2) is 4.83. The number of hydrogen-bond donors (Lipinski definition) is 1. The Kier molecular flexibility index (Phi) is 3.56. The van der Waals surface area contributed by atoms with Gasteiger partial charge in [-0.15, -0.1) is 0 Å². The zero-order valence-electron chi connectivity index (χ0n) is 10.4. The van der Waals surface area contributed by atoms with Gasteiger partial charge in [-0.05, 0) is 13.0 Å². The minimum absolute atomic E-state index is 0.450. The van der Waals surface area contributed by atoms with E-state index in [0.29, 0.717) is 21.6 Å². The van der Waals surface area contributed by atoms with Crippen LogP contribution in [-0.2, 0) is 10.3 Å². The molecule has 1 N–H and O–H groups in total. The fourth-order valence-corrected chi connectivity index (χ4v) is 2.48. The van der Waals surface area contributed by atoms with Crippen LogP contribution in [0.25, 0.3) is 0 Å². The predicted octanol–water partition coefficient (Wildman–Crippen LogP) is 2.92. The molecule has 1 amide bonds. The summed E-state index contributed by atoms with van der Waals surface area (Å²) in [4.78, 5) is 11.5. The normalized spacial score (nSPS) is 21.7. The van der Waals surface area contributed by atoms with Crippen LogP contribution in [0.5, 0.6) is 11.5 Å². The van der Waals surface area contributed by atoms with Gasteiger partial charge >= 0.3 is 6.09 Å². The Morgan fingerprint density at radius 2 is 1.94 bits per heavy atom. The van der Waals surface area contributed by atoms with Crippen LogP contribution in [-0.4, -0.2) is 24.7 Å². The minimum Gasteiger partial charge on any atom is -0.493 e. The summed E-state index contributed by atoms with van der Waals surface area (Å²) in [6.07, 6.45) is -0.450. The van der Waals surface area contributed by atoms with E-state index < -0.39 is 11.7 Å². The number of carbonyl (C=O) groups excluding carboxylic acids is 1. The first kappa shape index (κ1) is 13.3. The molecule has 0 saturated carbocycles. The van der Waals surface area contributed by atoms with E-state index in [0.717, 1.165) is 5.56 Å². The molecular weight excluding hydrogens is 349 g/mol. The van der Waals surface area contributed by atoms with Gasteiger partial charge in [0.05, 0.1) is 19.9 Å². The van der Waals surface area contributed by atoms with Crippen LogP contribution in [0.1, 0.15) is 12.5 Å². The van der Waals surface area contributed by atoms with E-state index in [1.165, 1.54) is 0 Å². The molecule has 1 aliphatic rings. The molecule has 98 valence electrons. The molecule has 0 spiro atoms. The molecule has 0 fully saturated rings. The number of ether oxygens (including phenoxy) is 3. The van der Waals surface area contributed by atoms with E-state index in [9.17, 15) is 4.79 Å². The first-order valence-electron chi connectivity index (χ1n) is 5.36. The smallest absolute Gasteiger partial charge is 0.412 e. The van der Waals surface area contributed by atoms with Crippen molar-refractivity contribution in [3.8, 4) is 11.5 Å². The standard InChI is InChI=1S/C12H14INO4/c1-12(6-13)7-4-9(16-2)10(17-3)5-8(7)14-11(15)18-12/h4-5H,6H2,1-3H3,(H,14,15). The van der Waals surface area contributed by atoms with Gasteiger partial charge in [-0.25, -0.2) is 4.79 Å². The summed E-state index contributed by atoms with van der Waals surface area (Å²) in [7, 11) is 3.14. The summed E-state index contributed by atoms with van der Waals surface area (Å²) in [6, 6.07) is 3.59. The molecule has 1 aliphatic heterocycles. The average Bonchev–Trinajstić information content (AvgIpc) is 2.37. The molecule has 0 aromatic heterocycles. The SMILES string of the molecule is COc1cc2c(cc1OC)C(C)(CI)OC(=O)N2. The van der Waals surface area contributed by atoms with Gasteiger partial charge in [0.15, 0.2) is 11.5 Å². The third-order valence-electron chi connectivity index (χ3n) is 2.90. The number of fused-ring (bicyclic) bond motifs is 1. The summed E-state index contributed by atoms with van der Waals surface area (Å²) in [5, 5.41) is 2.68. The van der Waals surface area contributed by atoms with Crippen LogP contribution in [0.3, 0.4) is 0 Å². The molecule has 18 heavy (non-hydrogen) atoms. The van der Waals surface area contributed by atoms with Crippen molar-refractivity contribution in [2.75, 3.05) is 24.0 Å². The number of benzene rings is 1. The van der Waals surface area contributed by atoms with Gasteiger partial charge in [0.25, 0.3) is 0 Å². The van der Waals surface area contributed by atoms with E-state index in [-0.39, 0.29) is 0 Å². The van der Waals surface area contributed by atoms with Gasteiger partial charge in [0.2, 0.25) is 0 Å². The van der Waals surface area contributed by atoms with E-state index in [1.807, 2.05) is 13.0 Å². The van der Waals surface area contributed by atoms with Crippen molar-refractivity contribution in [3.05, 3.63) is 17.7 Å². The molecule has 1 aromatic carbocycles. The first-order valence-corrected chi connectivity index (χ1v) is 6.89. The average molecular weight is 363 g/mol. The van der Waals surface area contributed by atoms with Gasteiger partial charge < -0.3 is 14.2 Å². The van der Waals surface area contributed by atoms with Crippen molar-refractivity contribution >= 4 is 34.4 Å². The molecular formula is C12H14INO4. The summed E-state index contributed by atoms with van der Waals surface area (Å²) in [5.74, 6) is 1.20. The van der Waals surface area contributed by atoms with Gasteiger partial charge in [0.1, 0.15) is 5.60 Å². The Labute approximate surface area is 119 Å². The highest BCUT2D eigenvalue weighted by atomic mass is 127. The Morgan fingerprint density at radius 1 is 1.33 bits per heavy atom. The Morgan fingerprint density at radius 3 is 2.50 bits per heavy atom. The van der Waals surface area contributed by atoms with Gasteiger partial charge in [-0.2, -0.15) is 0 Å². The minimum atomic E-state index is -0.655. The van der Waals surface area contributed by atoms with Crippen LogP contribution in [0, 0.1) is 0 Å². The highest BCUT2D eigenvalue weighted by molar-refractivity contribution is 14.1. The monoisotopic (exact) mass is 363 g/mol. The third-order valence-corrected chi connectivity index (χ3v) is 4.36. The van der Waals surface area contributed by atoms with Gasteiger partial charge in [0, 0.05) is 16.1 Å². The number of methoxy groups -OCH3 is 2. The molecule has 5 nitrogen and oxygen atoms in total. The van der Waals surface area contributed by atoms with Crippen LogP contribution in [0.4, 0.5) is 10.5 Å². The lowest BCUT2D eigenvalue weighted by Crippen LogP contribution is -2.38. The Balaban J connectivity index is 2.60. The third kappa shape index (κ3) is 2.09. The lowest BCUT2D eigenvalue weighted by atomic mass is 9.94. The molecule has 2 rings (SSSR count). The molecule has 0 aliphatic carbocycles. The van der Waals surface area contributed by atoms with E-state index in [4.69, 9.17) is 14.2 Å². The second-order valence-electron chi connectivity index (χ2n) is 4.13. The summed E-state index contributed by atoms with van der Waals surface area (Å²) in [6.45, 7) is 1.88. The molecule has 1 heterocycles. The van der Waals surface area contributed by atoms with Crippen molar-refractivity contribution in [1.29, 1.82) is 0 Å². The van der Waals surface area contributed by atoms with E-state index in [1.54, 1.807) is 20.3 Å². The summed E-state index contributed by atoms with van der Waals surface area (Å²) in [5.41, 5.74) is 0.926. The lowest BCUT2D eigenvalue weighted by molar-refractivity contribution is 0.0479. The van der Waals surface area contributed by atoms with Gasteiger partial charge in [-0.1, -0.05) is 22.6 Å². The Hall–Kier alpha value is -1.18. The number of anilines is 1. The number of nitrogens with one attached hydrogen (secondary N) is 1. The number of carbonyl (C=O) groups is 1. The number of hydrogen-bond acceptors (Lipinski definition) is 4. The molecule has 1 atom stereocenters. The van der Waals surface area contributed by atoms with Crippen LogP contribution >= 0.6 is 22.6 Å². The largest absolute Gasteiger partial charge is 0.493 e. The zero-order chi connectivity index (χ0) is 13.3. The molecule has 0 bridgehead atoms. The topological polar surface area (TPSA) is 56.8 Å². The van der Waals surface area contributed by atoms with Crippen molar-refractivity contribution in [2.45, 2.75) is 12.5 Å². The zero-order valence-corrected chi connectivity index (χ0v) is 12.5. The number of cyclic esters (lactones) is 1. The second-order valence-corrected chi connectivity index (χ2v) is 4.89. The number of rotatable bonds is 3. The van der Waals surface area contributed by atoms with Crippen LogP contribution in [0.15, 0.2) is 12.1 Å². The van der Waals surface area contributed by atoms with Crippen molar-refractivity contribution < 1.29 is 19.0 Å². The van der Waals surface area contributed by atoms with Crippen molar-refractivity contribution in [1.82, 2.24) is 0 Å². The number of amides is 1. The van der Waals surface area contributed by atoms with E-state index in [2.05, 4.69) is 27.9 Å². The molecule has 1 aromatic rings. The van der Waals surface area contributed by atoms with Crippen molar-refractivity contribution in [2.24, 2.45) is 0 Å². The van der Waals surface area contributed by atoms with E-state index >= 15 is 0 Å². The lowest BCUT2D eigenvalue weighted by Gasteiger charge is -2.34. The molecule has 0 radical (unpaired) electrons. The Bertz CT molecular complexity index is 491. The maximum atomic E-state index is 11.5. The van der Waals surface area contributed by atoms with Gasteiger partial charge in [-0.3, -0.25) is 5.32 Å².